The number of rotatable bonds is 3. The van der Waals surface area contributed by atoms with Crippen LogP contribution in [0.4, 0.5) is 0 Å². The van der Waals surface area contributed by atoms with Gasteiger partial charge in [0.1, 0.15) is 0 Å². The fourth-order valence-corrected chi connectivity index (χ4v) is 2.29. The van der Waals surface area contributed by atoms with Crippen LogP contribution < -0.4 is 0 Å². The molecule has 3 rings (SSSR count). The zero-order valence-electron chi connectivity index (χ0n) is 9.24. The molecule has 17 heavy (non-hydrogen) atoms. The van der Waals surface area contributed by atoms with E-state index in [9.17, 15) is 4.79 Å². The first-order chi connectivity index (χ1) is 8.38. The van der Waals surface area contributed by atoms with Crippen LogP contribution in [0, 0.1) is 0 Å². The van der Waals surface area contributed by atoms with Crippen molar-refractivity contribution in [2.75, 3.05) is 0 Å². The first-order valence-corrected chi connectivity index (χ1v) is 5.62. The second-order valence-corrected chi connectivity index (χ2v) is 4.14. The van der Waals surface area contributed by atoms with Crippen molar-refractivity contribution in [2.45, 2.75) is 11.7 Å². The molecule has 0 aliphatic carbocycles. The minimum atomic E-state index is -0.565. The largest absolute Gasteiger partial charge is 0.348 e. The third kappa shape index (κ3) is 1.49. The Hall–Kier alpha value is -1.93. The number of carbonyl (C=O) groups excluding carboxylic acids is 1. The Labute approximate surface area is 99.9 Å². The molecule has 1 unspecified atom stereocenters. The van der Waals surface area contributed by atoms with Gasteiger partial charge in [-0.05, 0) is 11.1 Å². The van der Waals surface area contributed by atoms with E-state index in [1.54, 1.807) is 0 Å². The minimum Gasteiger partial charge on any atom is -0.348 e. The van der Waals surface area contributed by atoms with Crippen LogP contribution in [0.1, 0.15) is 11.1 Å². The van der Waals surface area contributed by atoms with E-state index in [-0.39, 0.29) is 6.10 Å². The zero-order valence-corrected chi connectivity index (χ0v) is 9.24. The second kappa shape index (κ2) is 3.82. The summed E-state index contributed by atoms with van der Waals surface area (Å²) in [4.78, 5) is 11.0. The lowest BCUT2D eigenvalue weighted by molar-refractivity contribution is -0.108. The summed E-state index contributed by atoms with van der Waals surface area (Å²) in [5.74, 6) is 0. The fraction of sp³-hybridized carbons (Fsp3) is 0.133. The average Bonchev–Trinajstić information content (AvgIpc) is 3.17. The number of benzene rings is 2. The van der Waals surface area contributed by atoms with Gasteiger partial charge in [-0.25, -0.2) is 0 Å². The van der Waals surface area contributed by atoms with Crippen molar-refractivity contribution in [2.24, 2.45) is 0 Å². The predicted octanol–water partition coefficient (Wildman–Crippen LogP) is 2.53. The molecule has 1 aliphatic heterocycles. The molecule has 1 aliphatic rings. The molecular weight excluding hydrogens is 212 g/mol. The van der Waals surface area contributed by atoms with Crippen LogP contribution in [0.2, 0.25) is 0 Å². The van der Waals surface area contributed by atoms with Gasteiger partial charge in [-0.2, -0.15) is 0 Å². The molecule has 0 N–H and O–H groups in total. The van der Waals surface area contributed by atoms with Crippen LogP contribution in [0.5, 0.6) is 0 Å². The number of hydrogen-bond acceptors (Lipinski definition) is 2. The van der Waals surface area contributed by atoms with Crippen molar-refractivity contribution in [3.05, 3.63) is 71.8 Å². The van der Waals surface area contributed by atoms with Crippen LogP contribution in [0.3, 0.4) is 0 Å². The topological polar surface area (TPSA) is 29.6 Å². The van der Waals surface area contributed by atoms with Gasteiger partial charge in [0.15, 0.2) is 18.0 Å². The Bertz CT molecular complexity index is 480. The lowest BCUT2D eigenvalue weighted by atomic mass is 9.88. The van der Waals surface area contributed by atoms with Gasteiger partial charge >= 0.3 is 0 Å². The highest BCUT2D eigenvalue weighted by Crippen LogP contribution is 2.50. The van der Waals surface area contributed by atoms with Gasteiger partial charge in [-0.1, -0.05) is 60.7 Å². The molecular formula is C15H12O2. The third-order valence-corrected chi connectivity index (χ3v) is 3.19. The monoisotopic (exact) mass is 224 g/mol. The predicted molar refractivity (Wildman–Crippen MR) is 64.6 cm³/mol. The maximum absolute atomic E-state index is 11.0. The van der Waals surface area contributed by atoms with Crippen molar-refractivity contribution in [1.82, 2.24) is 0 Å². The molecule has 0 amide bonds. The van der Waals surface area contributed by atoms with E-state index in [0.717, 1.165) is 17.4 Å². The average molecular weight is 224 g/mol. The van der Waals surface area contributed by atoms with Gasteiger partial charge in [0.25, 0.3) is 0 Å². The molecule has 1 heterocycles. The quantitative estimate of drug-likeness (QED) is 0.592. The van der Waals surface area contributed by atoms with Gasteiger partial charge in [-0.3, -0.25) is 0 Å². The van der Waals surface area contributed by atoms with Gasteiger partial charge in [0, 0.05) is 0 Å². The van der Waals surface area contributed by atoms with Gasteiger partial charge in [-0.15, -0.1) is 0 Å². The molecule has 2 heteroatoms. The Morgan fingerprint density at radius 3 is 1.71 bits per heavy atom. The molecule has 1 saturated heterocycles. The molecule has 84 valence electrons. The molecule has 2 aromatic carbocycles. The molecule has 2 nitrogen and oxygen atoms in total. The number of hydrogen-bond donors (Lipinski definition) is 0. The normalized spacial score (nSPS) is 20.8. The second-order valence-electron chi connectivity index (χ2n) is 4.14. The maximum atomic E-state index is 11.0. The Morgan fingerprint density at radius 1 is 0.882 bits per heavy atom. The molecule has 0 bridgehead atoms. The first-order valence-electron chi connectivity index (χ1n) is 5.62. The smallest absolute Gasteiger partial charge is 0.152 e. The van der Waals surface area contributed by atoms with E-state index in [0.29, 0.717) is 0 Å². The van der Waals surface area contributed by atoms with Gasteiger partial charge in [0.2, 0.25) is 0 Å². The SMILES string of the molecule is O=CC1OC1(c1ccccc1)c1ccccc1. The summed E-state index contributed by atoms with van der Waals surface area (Å²) >= 11 is 0. The van der Waals surface area contributed by atoms with Crippen LogP contribution in [0.15, 0.2) is 60.7 Å². The highest BCUT2D eigenvalue weighted by molar-refractivity contribution is 5.67. The molecule has 0 aromatic heterocycles. The van der Waals surface area contributed by atoms with Gasteiger partial charge < -0.3 is 9.53 Å². The highest BCUT2D eigenvalue weighted by Gasteiger charge is 2.59. The molecule has 1 atom stereocenters. The van der Waals surface area contributed by atoms with Crippen molar-refractivity contribution >= 4 is 6.29 Å². The van der Waals surface area contributed by atoms with Crippen molar-refractivity contribution in [1.29, 1.82) is 0 Å². The van der Waals surface area contributed by atoms with E-state index in [1.165, 1.54) is 0 Å². The Balaban J connectivity index is 2.11. The Kier molecular flexibility index (Phi) is 2.30. The van der Waals surface area contributed by atoms with Crippen LogP contribution >= 0.6 is 0 Å². The Morgan fingerprint density at radius 2 is 1.35 bits per heavy atom. The molecule has 1 fully saturated rings. The summed E-state index contributed by atoms with van der Waals surface area (Å²) in [6, 6.07) is 19.8. The summed E-state index contributed by atoms with van der Waals surface area (Å²) < 4.78 is 5.66. The van der Waals surface area contributed by atoms with E-state index >= 15 is 0 Å². The van der Waals surface area contributed by atoms with Crippen LogP contribution in [0.25, 0.3) is 0 Å². The number of ether oxygens (including phenoxy) is 1. The van der Waals surface area contributed by atoms with E-state index in [2.05, 4.69) is 0 Å². The summed E-state index contributed by atoms with van der Waals surface area (Å²) in [6.45, 7) is 0. The summed E-state index contributed by atoms with van der Waals surface area (Å²) in [6.07, 6.45) is 0.507. The van der Waals surface area contributed by atoms with Crippen LogP contribution in [-0.2, 0) is 15.1 Å². The molecule has 0 saturated carbocycles. The number of carbonyl (C=O) groups is 1. The summed E-state index contributed by atoms with van der Waals surface area (Å²) in [5.41, 5.74) is 1.50. The van der Waals surface area contributed by atoms with Crippen molar-refractivity contribution in [3.63, 3.8) is 0 Å². The molecule has 0 spiro atoms. The van der Waals surface area contributed by atoms with E-state index in [4.69, 9.17) is 4.74 Å². The third-order valence-electron chi connectivity index (χ3n) is 3.19. The fourth-order valence-electron chi connectivity index (χ4n) is 2.29. The highest BCUT2D eigenvalue weighted by atomic mass is 16.6. The number of aldehydes is 1. The molecule has 2 aromatic rings. The summed E-state index contributed by atoms with van der Waals surface area (Å²) in [7, 11) is 0. The first kappa shape index (κ1) is 10.2. The van der Waals surface area contributed by atoms with E-state index in [1.807, 2.05) is 60.7 Å². The van der Waals surface area contributed by atoms with Crippen molar-refractivity contribution in [3.8, 4) is 0 Å². The van der Waals surface area contributed by atoms with E-state index < -0.39 is 5.60 Å². The summed E-state index contributed by atoms with van der Waals surface area (Å²) in [5, 5.41) is 0. The van der Waals surface area contributed by atoms with Crippen LogP contribution in [-0.4, -0.2) is 12.4 Å². The molecule has 0 radical (unpaired) electrons. The zero-order chi connectivity index (χ0) is 11.7. The standard InChI is InChI=1S/C15H12O2/c16-11-14-15(17-14,12-7-3-1-4-8-12)13-9-5-2-6-10-13/h1-11,14H. The number of epoxide rings is 1. The minimum absolute atomic E-state index is 0.368. The lowest BCUT2D eigenvalue weighted by Gasteiger charge is -2.12. The maximum Gasteiger partial charge on any atom is 0.152 e. The van der Waals surface area contributed by atoms with Gasteiger partial charge in [0.05, 0.1) is 0 Å². The van der Waals surface area contributed by atoms with Crippen molar-refractivity contribution < 1.29 is 9.53 Å². The lowest BCUT2D eigenvalue weighted by Crippen LogP contribution is -2.15.